The van der Waals surface area contributed by atoms with Gasteiger partial charge in [0.05, 0.1) is 5.56 Å². The van der Waals surface area contributed by atoms with Crippen molar-refractivity contribution in [3.05, 3.63) is 57.6 Å². The van der Waals surface area contributed by atoms with Gasteiger partial charge in [0.1, 0.15) is 0 Å². The van der Waals surface area contributed by atoms with Crippen molar-refractivity contribution in [3.8, 4) is 11.1 Å². The van der Waals surface area contributed by atoms with Crippen molar-refractivity contribution in [2.24, 2.45) is 5.92 Å². The molecule has 1 N–H and O–H groups in total. The molecule has 4 rings (SSSR count). The molecule has 1 aliphatic heterocycles. The number of benzene rings is 2. The quantitative estimate of drug-likeness (QED) is 0.695. The number of fused-ring (bicyclic) bond motifs is 3. The summed E-state index contributed by atoms with van der Waals surface area (Å²) in [6.45, 7) is 4.12. The number of hydrogen-bond donors (Lipinski definition) is 1. The normalized spacial score (nSPS) is 22.6. The highest BCUT2D eigenvalue weighted by Gasteiger charge is 2.35. The second-order valence-electron chi connectivity index (χ2n) is 7.12. The molecule has 0 spiro atoms. The first-order chi connectivity index (χ1) is 11.8. The molecule has 2 aliphatic rings. The van der Waals surface area contributed by atoms with Crippen molar-refractivity contribution >= 4 is 11.6 Å². The van der Waals surface area contributed by atoms with Gasteiger partial charge in [-0.3, -0.25) is 0 Å². The minimum atomic E-state index is -4.38. The molecule has 0 aromatic heterocycles. The van der Waals surface area contributed by atoms with Gasteiger partial charge in [-0.05, 0) is 72.5 Å². The Bertz CT molecular complexity index is 828. The lowest BCUT2D eigenvalue weighted by atomic mass is 9.86. The van der Waals surface area contributed by atoms with Crippen molar-refractivity contribution < 1.29 is 13.2 Å². The highest BCUT2D eigenvalue weighted by molar-refractivity contribution is 6.33. The van der Waals surface area contributed by atoms with E-state index in [4.69, 9.17) is 11.6 Å². The zero-order valence-corrected chi connectivity index (χ0v) is 14.6. The number of alkyl halides is 3. The highest BCUT2D eigenvalue weighted by Crippen LogP contribution is 2.45. The average molecular weight is 366 g/mol. The van der Waals surface area contributed by atoms with Crippen LogP contribution in [0, 0.1) is 12.8 Å². The summed E-state index contributed by atoms with van der Waals surface area (Å²) in [5.41, 5.74) is 4.80. The molecule has 5 heteroatoms. The second-order valence-corrected chi connectivity index (χ2v) is 7.52. The van der Waals surface area contributed by atoms with Gasteiger partial charge in [-0.2, -0.15) is 13.2 Å². The topological polar surface area (TPSA) is 12.0 Å². The number of halogens is 4. The summed E-state index contributed by atoms with van der Waals surface area (Å²) in [5.74, 6) is 1.17. The van der Waals surface area contributed by atoms with Crippen molar-refractivity contribution in [2.45, 2.75) is 31.9 Å². The van der Waals surface area contributed by atoms with Crippen molar-refractivity contribution in [1.82, 2.24) is 5.32 Å². The Morgan fingerprint density at radius 3 is 2.68 bits per heavy atom. The number of nitrogens with one attached hydrogen (secondary N) is 1. The van der Waals surface area contributed by atoms with Gasteiger partial charge in [0.15, 0.2) is 0 Å². The third kappa shape index (κ3) is 2.96. The van der Waals surface area contributed by atoms with E-state index < -0.39 is 11.7 Å². The summed E-state index contributed by atoms with van der Waals surface area (Å²) < 4.78 is 38.6. The van der Waals surface area contributed by atoms with E-state index in [9.17, 15) is 13.2 Å². The first-order valence-corrected chi connectivity index (χ1v) is 8.93. The van der Waals surface area contributed by atoms with Crippen LogP contribution < -0.4 is 5.32 Å². The summed E-state index contributed by atoms with van der Waals surface area (Å²) in [6, 6.07) is 7.80. The molecule has 1 heterocycles. The van der Waals surface area contributed by atoms with Crippen LogP contribution in [0.3, 0.4) is 0 Å². The fourth-order valence-corrected chi connectivity index (χ4v) is 4.61. The first-order valence-electron chi connectivity index (χ1n) is 8.56. The van der Waals surface area contributed by atoms with E-state index in [2.05, 4.69) is 24.4 Å². The molecular weight excluding hydrogens is 347 g/mol. The molecule has 25 heavy (non-hydrogen) atoms. The van der Waals surface area contributed by atoms with E-state index in [1.54, 1.807) is 0 Å². The second kappa shape index (κ2) is 6.03. The Hall–Kier alpha value is -1.52. The Kier molecular flexibility index (Phi) is 4.08. The van der Waals surface area contributed by atoms with Crippen LogP contribution in [0.2, 0.25) is 5.02 Å². The molecule has 0 saturated carbocycles. The van der Waals surface area contributed by atoms with Crippen LogP contribution in [-0.4, -0.2) is 13.1 Å². The highest BCUT2D eigenvalue weighted by atomic mass is 35.5. The largest absolute Gasteiger partial charge is 0.416 e. The van der Waals surface area contributed by atoms with Crippen LogP contribution in [-0.2, 0) is 12.6 Å². The van der Waals surface area contributed by atoms with Crippen LogP contribution >= 0.6 is 11.6 Å². The fourth-order valence-electron chi connectivity index (χ4n) is 4.32. The van der Waals surface area contributed by atoms with Gasteiger partial charge in [0, 0.05) is 17.1 Å². The number of hydrogen-bond acceptors (Lipinski definition) is 1. The van der Waals surface area contributed by atoms with Gasteiger partial charge < -0.3 is 5.32 Å². The van der Waals surface area contributed by atoms with E-state index in [1.165, 1.54) is 29.2 Å². The van der Waals surface area contributed by atoms with Crippen LogP contribution in [0.1, 0.15) is 34.6 Å². The minimum absolute atomic E-state index is 0.144. The zero-order chi connectivity index (χ0) is 17.8. The van der Waals surface area contributed by atoms with Gasteiger partial charge in [-0.15, -0.1) is 0 Å². The maximum absolute atomic E-state index is 12.9. The molecule has 132 valence electrons. The van der Waals surface area contributed by atoms with E-state index in [1.807, 2.05) is 0 Å². The Labute approximate surface area is 150 Å². The van der Waals surface area contributed by atoms with Gasteiger partial charge in [0.2, 0.25) is 0 Å². The summed E-state index contributed by atoms with van der Waals surface area (Å²) in [4.78, 5) is 0. The van der Waals surface area contributed by atoms with Gasteiger partial charge >= 0.3 is 6.18 Å². The maximum Gasteiger partial charge on any atom is 0.416 e. The lowest BCUT2D eigenvalue weighted by Gasteiger charge is -2.26. The Morgan fingerprint density at radius 1 is 1.16 bits per heavy atom. The van der Waals surface area contributed by atoms with E-state index in [0.29, 0.717) is 17.4 Å². The predicted octanol–water partition coefficient (Wildman–Crippen LogP) is 5.58. The van der Waals surface area contributed by atoms with E-state index in [-0.39, 0.29) is 5.02 Å². The van der Waals surface area contributed by atoms with Crippen molar-refractivity contribution in [2.75, 3.05) is 13.1 Å². The number of aryl methyl sites for hydroxylation is 1. The molecule has 0 bridgehead atoms. The lowest BCUT2D eigenvalue weighted by molar-refractivity contribution is -0.137. The maximum atomic E-state index is 12.9. The summed E-state index contributed by atoms with van der Waals surface area (Å²) in [5, 5.41) is 3.60. The fraction of sp³-hybridized carbons (Fsp3) is 0.400. The summed E-state index contributed by atoms with van der Waals surface area (Å²) in [6.07, 6.45) is -2.10. The molecule has 2 aromatic rings. The lowest BCUT2D eigenvalue weighted by Crippen LogP contribution is -2.32. The third-order valence-electron chi connectivity index (χ3n) is 5.61. The average Bonchev–Trinajstić information content (AvgIpc) is 2.93. The summed E-state index contributed by atoms with van der Waals surface area (Å²) >= 11 is 6.20. The molecule has 1 nitrogen and oxygen atoms in total. The number of rotatable bonds is 1. The smallest absolute Gasteiger partial charge is 0.316 e. The van der Waals surface area contributed by atoms with Crippen molar-refractivity contribution in [3.63, 3.8) is 0 Å². The molecule has 0 radical (unpaired) electrons. The van der Waals surface area contributed by atoms with Crippen molar-refractivity contribution in [1.29, 1.82) is 0 Å². The molecule has 0 amide bonds. The Morgan fingerprint density at radius 2 is 1.96 bits per heavy atom. The van der Waals surface area contributed by atoms with Crippen LogP contribution in [0.25, 0.3) is 11.1 Å². The van der Waals surface area contributed by atoms with Crippen LogP contribution in [0.15, 0.2) is 30.3 Å². The zero-order valence-electron chi connectivity index (χ0n) is 13.9. The molecule has 1 fully saturated rings. The van der Waals surface area contributed by atoms with Gasteiger partial charge in [0.25, 0.3) is 0 Å². The van der Waals surface area contributed by atoms with Crippen LogP contribution in [0.4, 0.5) is 13.2 Å². The molecule has 2 unspecified atom stereocenters. The van der Waals surface area contributed by atoms with E-state index >= 15 is 0 Å². The Balaban J connectivity index is 1.77. The predicted molar refractivity (Wildman–Crippen MR) is 94.0 cm³/mol. The molecule has 2 aromatic carbocycles. The standard InChI is InChI=1S/C20H19ClF3N/c1-11-6-13(15-3-2-14(9-19(15)21)20(22,23)24)8-17-16(11)7-12-4-5-25-10-18(12)17/h2-3,6,8-9,12,18,25H,4-5,7,10H2,1H3. The number of piperidine rings is 1. The molecule has 2 atom stereocenters. The van der Waals surface area contributed by atoms with Crippen LogP contribution in [0.5, 0.6) is 0 Å². The molecule has 1 saturated heterocycles. The van der Waals surface area contributed by atoms with Gasteiger partial charge in [-0.1, -0.05) is 29.8 Å². The van der Waals surface area contributed by atoms with E-state index in [0.717, 1.165) is 37.2 Å². The third-order valence-corrected chi connectivity index (χ3v) is 5.92. The SMILES string of the molecule is Cc1cc(-c2ccc(C(F)(F)F)cc2Cl)cc2c1CC1CCNCC21. The monoisotopic (exact) mass is 365 g/mol. The molecule has 1 aliphatic carbocycles. The first kappa shape index (κ1) is 16.9. The molecular formula is C20H19ClF3N. The summed E-state index contributed by atoms with van der Waals surface area (Å²) in [7, 11) is 0. The minimum Gasteiger partial charge on any atom is -0.316 e. The van der Waals surface area contributed by atoms with Gasteiger partial charge in [-0.25, -0.2) is 0 Å².